The van der Waals surface area contributed by atoms with Crippen LogP contribution in [0.5, 0.6) is 0 Å². The number of amides is 1. The summed E-state index contributed by atoms with van der Waals surface area (Å²) in [6, 6.07) is -0.237. The maximum atomic E-state index is 11.5. The van der Waals surface area contributed by atoms with Crippen LogP contribution in [0.15, 0.2) is 12.7 Å². The van der Waals surface area contributed by atoms with Gasteiger partial charge in [0.15, 0.2) is 9.84 Å². The van der Waals surface area contributed by atoms with E-state index in [4.69, 9.17) is 11.6 Å². The number of alkyl halides is 1. The molecule has 86 valence electrons. The van der Waals surface area contributed by atoms with Gasteiger partial charge in [0.25, 0.3) is 0 Å². The van der Waals surface area contributed by atoms with Crippen LogP contribution in [0.25, 0.3) is 0 Å². The van der Waals surface area contributed by atoms with Gasteiger partial charge in [0, 0.05) is 12.6 Å². The SMILES string of the molecule is C=CCN(C(=O)CCl)C1CCS(=O)(=O)C1. The van der Waals surface area contributed by atoms with Gasteiger partial charge >= 0.3 is 0 Å². The highest BCUT2D eigenvalue weighted by Crippen LogP contribution is 2.18. The van der Waals surface area contributed by atoms with Crippen LogP contribution in [0.2, 0.25) is 0 Å². The second kappa shape index (κ2) is 4.99. The van der Waals surface area contributed by atoms with Gasteiger partial charge in [-0.1, -0.05) is 6.08 Å². The van der Waals surface area contributed by atoms with E-state index in [1.54, 1.807) is 6.08 Å². The number of carbonyl (C=O) groups is 1. The van der Waals surface area contributed by atoms with Crippen LogP contribution in [0.4, 0.5) is 0 Å². The summed E-state index contributed by atoms with van der Waals surface area (Å²) in [5.41, 5.74) is 0. The average molecular weight is 252 g/mol. The van der Waals surface area contributed by atoms with Crippen molar-refractivity contribution in [2.75, 3.05) is 23.9 Å². The predicted octanol–water partition coefficient (Wildman–Crippen LogP) is 0.427. The van der Waals surface area contributed by atoms with Crippen LogP contribution in [0, 0.1) is 0 Å². The van der Waals surface area contributed by atoms with Crippen molar-refractivity contribution in [3.63, 3.8) is 0 Å². The molecule has 1 unspecified atom stereocenters. The minimum absolute atomic E-state index is 0.0451. The zero-order valence-corrected chi connectivity index (χ0v) is 9.93. The predicted molar refractivity (Wildman–Crippen MR) is 59.7 cm³/mol. The van der Waals surface area contributed by atoms with Crippen LogP contribution >= 0.6 is 11.6 Å². The van der Waals surface area contributed by atoms with Crippen molar-refractivity contribution in [2.45, 2.75) is 12.5 Å². The molecule has 0 radical (unpaired) electrons. The van der Waals surface area contributed by atoms with Gasteiger partial charge in [-0.15, -0.1) is 18.2 Å². The van der Waals surface area contributed by atoms with Crippen molar-refractivity contribution in [3.05, 3.63) is 12.7 Å². The molecular weight excluding hydrogens is 238 g/mol. The molecule has 1 heterocycles. The van der Waals surface area contributed by atoms with Crippen LogP contribution in [-0.4, -0.2) is 49.2 Å². The Kier molecular flexibility index (Phi) is 4.16. The molecule has 0 aliphatic carbocycles. The lowest BCUT2D eigenvalue weighted by atomic mass is 10.2. The van der Waals surface area contributed by atoms with E-state index < -0.39 is 9.84 Å². The molecule has 1 saturated heterocycles. The topological polar surface area (TPSA) is 54.5 Å². The molecule has 4 nitrogen and oxygen atoms in total. The summed E-state index contributed by atoms with van der Waals surface area (Å²) in [4.78, 5) is 12.9. The molecule has 1 aliphatic rings. The van der Waals surface area contributed by atoms with Crippen LogP contribution in [0.1, 0.15) is 6.42 Å². The van der Waals surface area contributed by atoms with E-state index >= 15 is 0 Å². The highest BCUT2D eigenvalue weighted by Gasteiger charge is 2.33. The van der Waals surface area contributed by atoms with Crippen molar-refractivity contribution in [2.24, 2.45) is 0 Å². The van der Waals surface area contributed by atoms with Gasteiger partial charge in [-0.25, -0.2) is 8.42 Å². The van der Waals surface area contributed by atoms with E-state index in [0.29, 0.717) is 13.0 Å². The van der Waals surface area contributed by atoms with E-state index in [2.05, 4.69) is 6.58 Å². The van der Waals surface area contributed by atoms with E-state index in [1.807, 2.05) is 0 Å². The Morgan fingerprint density at radius 1 is 1.60 bits per heavy atom. The molecule has 0 saturated carbocycles. The quantitative estimate of drug-likeness (QED) is 0.538. The van der Waals surface area contributed by atoms with Gasteiger partial charge in [0.1, 0.15) is 5.88 Å². The van der Waals surface area contributed by atoms with Crippen molar-refractivity contribution in [1.29, 1.82) is 0 Å². The summed E-state index contributed by atoms with van der Waals surface area (Å²) in [5, 5.41) is 0. The van der Waals surface area contributed by atoms with Crippen molar-refractivity contribution >= 4 is 27.3 Å². The maximum Gasteiger partial charge on any atom is 0.238 e. The van der Waals surface area contributed by atoms with Crippen molar-refractivity contribution in [3.8, 4) is 0 Å². The summed E-state index contributed by atoms with van der Waals surface area (Å²) in [5.74, 6) is -0.159. The fourth-order valence-corrected chi connectivity index (χ4v) is 3.58. The highest BCUT2D eigenvalue weighted by atomic mass is 35.5. The molecule has 0 aromatic carbocycles. The third-order valence-electron chi connectivity index (χ3n) is 2.41. The van der Waals surface area contributed by atoms with Gasteiger partial charge in [-0.3, -0.25) is 4.79 Å². The number of carbonyl (C=O) groups excluding carboxylic acids is 1. The fourth-order valence-electron chi connectivity index (χ4n) is 1.69. The summed E-state index contributed by atoms with van der Waals surface area (Å²) in [6.07, 6.45) is 2.08. The zero-order valence-electron chi connectivity index (χ0n) is 8.36. The Hall–Kier alpha value is -0.550. The molecule has 6 heteroatoms. The van der Waals surface area contributed by atoms with E-state index in [9.17, 15) is 13.2 Å². The number of sulfone groups is 1. The lowest BCUT2D eigenvalue weighted by Crippen LogP contribution is -2.41. The highest BCUT2D eigenvalue weighted by molar-refractivity contribution is 7.91. The minimum Gasteiger partial charge on any atom is -0.334 e. The molecule has 1 aliphatic heterocycles. The van der Waals surface area contributed by atoms with Crippen molar-refractivity contribution < 1.29 is 13.2 Å². The second-order valence-electron chi connectivity index (χ2n) is 3.53. The molecule has 1 amide bonds. The molecule has 0 aromatic rings. The number of halogens is 1. The molecule has 0 bridgehead atoms. The second-order valence-corrected chi connectivity index (χ2v) is 6.02. The number of hydrogen-bond donors (Lipinski definition) is 0. The van der Waals surface area contributed by atoms with E-state index in [0.717, 1.165) is 0 Å². The molecule has 0 N–H and O–H groups in total. The minimum atomic E-state index is -2.97. The Morgan fingerprint density at radius 2 is 2.27 bits per heavy atom. The first kappa shape index (κ1) is 12.5. The molecule has 0 aromatic heterocycles. The van der Waals surface area contributed by atoms with Gasteiger partial charge in [-0.05, 0) is 6.42 Å². The van der Waals surface area contributed by atoms with Gasteiger partial charge in [-0.2, -0.15) is 0 Å². The van der Waals surface area contributed by atoms with Crippen LogP contribution < -0.4 is 0 Å². The van der Waals surface area contributed by atoms with Crippen molar-refractivity contribution in [1.82, 2.24) is 4.90 Å². The molecule has 1 rings (SSSR count). The maximum absolute atomic E-state index is 11.5. The molecular formula is C9H14ClNO3S. The van der Waals surface area contributed by atoms with Crippen LogP contribution in [-0.2, 0) is 14.6 Å². The van der Waals surface area contributed by atoms with E-state index in [-0.39, 0.29) is 29.3 Å². The van der Waals surface area contributed by atoms with Crippen LogP contribution in [0.3, 0.4) is 0 Å². The summed E-state index contributed by atoms with van der Waals surface area (Å²) in [6.45, 7) is 3.89. The Morgan fingerprint density at radius 3 is 2.67 bits per heavy atom. The number of hydrogen-bond acceptors (Lipinski definition) is 3. The molecule has 15 heavy (non-hydrogen) atoms. The third kappa shape index (κ3) is 3.21. The first-order valence-electron chi connectivity index (χ1n) is 4.67. The standard InChI is InChI=1S/C9H14ClNO3S/c1-2-4-11(9(12)6-10)8-3-5-15(13,14)7-8/h2,8H,1,3-7H2. The summed E-state index contributed by atoms with van der Waals surface area (Å²) in [7, 11) is -2.97. The van der Waals surface area contributed by atoms with E-state index in [1.165, 1.54) is 4.90 Å². The summed E-state index contributed by atoms with van der Waals surface area (Å²) >= 11 is 5.46. The van der Waals surface area contributed by atoms with Gasteiger partial charge in [0.05, 0.1) is 11.5 Å². The fraction of sp³-hybridized carbons (Fsp3) is 0.667. The zero-order chi connectivity index (χ0) is 11.5. The monoisotopic (exact) mass is 251 g/mol. The van der Waals surface area contributed by atoms with Gasteiger partial charge < -0.3 is 4.90 Å². The lowest BCUT2D eigenvalue weighted by molar-refractivity contribution is -0.129. The largest absolute Gasteiger partial charge is 0.334 e. The first-order chi connectivity index (χ1) is 7.00. The molecule has 0 spiro atoms. The smallest absolute Gasteiger partial charge is 0.238 e. The Balaban J connectivity index is 2.73. The summed E-state index contributed by atoms with van der Waals surface area (Å²) < 4.78 is 22.5. The normalized spacial score (nSPS) is 23.7. The average Bonchev–Trinajstić information content (AvgIpc) is 2.54. The Bertz CT molecular complexity index is 352. The number of rotatable bonds is 4. The molecule has 1 fully saturated rings. The van der Waals surface area contributed by atoms with Gasteiger partial charge in [0.2, 0.25) is 5.91 Å². The number of nitrogens with zero attached hydrogens (tertiary/aromatic N) is 1. The third-order valence-corrected chi connectivity index (χ3v) is 4.39. The first-order valence-corrected chi connectivity index (χ1v) is 7.02. The molecule has 1 atom stereocenters. The lowest BCUT2D eigenvalue weighted by Gasteiger charge is -2.26. The Labute approximate surface area is 94.8 Å².